The van der Waals surface area contributed by atoms with Gasteiger partial charge in [0.05, 0.1) is 12.4 Å². The second kappa shape index (κ2) is 6.41. The Bertz CT molecular complexity index is 473. The SMILES string of the molecule is COc1ccc(CN(C)S(=O)(=O)C(C)CCl)cc1. The average molecular weight is 292 g/mol. The lowest BCUT2D eigenvalue weighted by atomic mass is 10.2. The Morgan fingerprint density at radius 3 is 2.33 bits per heavy atom. The summed E-state index contributed by atoms with van der Waals surface area (Å²) in [6.07, 6.45) is 0. The highest BCUT2D eigenvalue weighted by Gasteiger charge is 2.25. The summed E-state index contributed by atoms with van der Waals surface area (Å²) in [6.45, 7) is 1.93. The molecule has 0 saturated heterocycles. The molecule has 0 radical (unpaired) electrons. The van der Waals surface area contributed by atoms with Crippen LogP contribution in [0.3, 0.4) is 0 Å². The first-order chi connectivity index (χ1) is 8.41. The topological polar surface area (TPSA) is 46.6 Å². The summed E-state index contributed by atoms with van der Waals surface area (Å²) in [5, 5.41) is -0.581. The first-order valence-corrected chi connectivity index (χ1v) is 7.59. The van der Waals surface area contributed by atoms with Crippen molar-refractivity contribution in [2.45, 2.75) is 18.7 Å². The van der Waals surface area contributed by atoms with Crippen LogP contribution in [0.1, 0.15) is 12.5 Å². The lowest BCUT2D eigenvalue weighted by Crippen LogP contribution is -2.35. The van der Waals surface area contributed by atoms with Crippen LogP contribution in [0.4, 0.5) is 0 Å². The van der Waals surface area contributed by atoms with Crippen LogP contribution in [-0.2, 0) is 16.6 Å². The molecule has 0 amide bonds. The van der Waals surface area contributed by atoms with Crippen molar-refractivity contribution < 1.29 is 13.2 Å². The van der Waals surface area contributed by atoms with Crippen molar-refractivity contribution in [2.75, 3.05) is 20.0 Å². The molecule has 18 heavy (non-hydrogen) atoms. The molecular weight excluding hydrogens is 274 g/mol. The fourth-order valence-corrected chi connectivity index (χ4v) is 3.05. The van der Waals surface area contributed by atoms with Gasteiger partial charge in [0.2, 0.25) is 10.0 Å². The Kier molecular flexibility index (Phi) is 5.44. The van der Waals surface area contributed by atoms with Crippen molar-refractivity contribution in [2.24, 2.45) is 0 Å². The van der Waals surface area contributed by atoms with E-state index in [0.29, 0.717) is 6.54 Å². The van der Waals surface area contributed by atoms with E-state index in [2.05, 4.69) is 0 Å². The number of halogens is 1. The summed E-state index contributed by atoms with van der Waals surface area (Å²) in [4.78, 5) is 0. The van der Waals surface area contributed by atoms with Crippen molar-refractivity contribution in [3.05, 3.63) is 29.8 Å². The molecule has 0 saturated carbocycles. The third-order valence-corrected chi connectivity index (χ3v) is 5.55. The maximum absolute atomic E-state index is 12.0. The number of rotatable bonds is 6. The van der Waals surface area contributed by atoms with Crippen LogP contribution in [0.15, 0.2) is 24.3 Å². The molecule has 0 aliphatic carbocycles. The zero-order chi connectivity index (χ0) is 13.8. The molecule has 0 N–H and O–H groups in total. The van der Waals surface area contributed by atoms with E-state index in [0.717, 1.165) is 11.3 Å². The van der Waals surface area contributed by atoms with Crippen LogP contribution in [0.5, 0.6) is 5.75 Å². The standard InChI is InChI=1S/C12H18ClNO3S/c1-10(8-13)18(15,16)14(2)9-11-4-6-12(17-3)7-5-11/h4-7,10H,8-9H2,1-3H3. The number of methoxy groups -OCH3 is 1. The first kappa shape index (κ1) is 15.3. The minimum absolute atomic E-state index is 0.0925. The van der Waals surface area contributed by atoms with Gasteiger partial charge in [-0.2, -0.15) is 0 Å². The summed E-state index contributed by atoms with van der Waals surface area (Å²) in [5.74, 6) is 0.841. The molecular formula is C12H18ClNO3S. The molecule has 0 aliphatic heterocycles. The number of hydrogen-bond donors (Lipinski definition) is 0. The van der Waals surface area contributed by atoms with E-state index in [1.807, 2.05) is 12.1 Å². The quantitative estimate of drug-likeness (QED) is 0.754. The van der Waals surface area contributed by atoms with Crippen molar-refractivity contribution in [1.82, 2.24) is 4.31 Å². The predicted octanol–water partition coefficient (Wildman–Crippen LogP) is 2.08. The molecule has 0 spiro atoms. The third-order valence-electron chi connectivity index (χ3n) is 2.72. The molecule has 102 valence electrons. The third kappa shape index (κ3) is 3.60. The summed E-state index contributed by atoms with van der Waals surface area (Å²) in [5.41, 5.74) is 0.906. The van der Waals surface area contributed by atoms with Crippen molar-refractivity contribution in [3.63, 3.8) is 0 Å². The van der Waals surface area contributed by atoms with E-state index in [1.165, 1.54) is 4.31 Å². The van der Waals surface area contributed by atoms with E-state index in [4.69, 9.17) is 16.3 Å². The van der Waals surface area contributed by atoms with Crippen LogP contribution < -0.4 is 4.74 Å². The summed E-state index contributed by atoms with van der Waals surface area (Å²) < 4.78 is 30.4. The van der Waals surface area contributed by atoms with Crippen LogP contribution in [0.25, 0.3) is 0 Å². The second-order valence-electron chi connectivity index (χ2n) is 4.11. The Morgan fingerprint density at radius 2 is 1.89 bits per heavy atom. The van der Waals surface area contributed by atoms with Gasteiger partial charge in [0, 0.05) is 19.5 Å². The minimum atomic E-state index is -3.33. The van der Waals surface area contributed by atoms with Gasteiger partial charge >= 0.3 is 0 Å². The minimum Gasteiger partial charge on any atom is -0.497 e. The first-order valence-electron chi connectivity index (χ1n) is 5.56. The lowest BCUT2D eigenvalue weighted by molar-refractivity contribution is 0.414. The number of ether oxygens (including phenoxy) is 1. The number of sulfonamides is 1. The van der Waals surface area contributed by atoms with Gasteiger partial charge in [-0.25, -0.2) is 12.7 Å². The molecule has 4 nitrogen and oxygen atoms in total. The van der Waals surface area contributed by atoms with Gasteiger partial charge in [0.25, 0.3) is 0 Å². The van der Waals surface area contributed by atoms with Gasteiger partial charge in [0.1, 0.15) is 5.75 Å². The van der Waals surface area contributed by atoms with Crippen molar-refractivity contribution in [1.29, 1.82) is 0 Å². The fraction of sp³-hybridized carbons (Fsp3) is 0.500. The number of benzene rings is 1. The average Bonchev–Trinajstić information content (AvgIpc) is 2.38. The monoisotopic (exact) mass is 291 g/mol. The van der Waals surface area contributed by atoms with Crippen LogP contribution in [0, 0.1) is 0 Å². The molecule has 0 aliphatic rings. The molecule has 6 heteroatoms. The van der Waals surface area contributed by atoms with E-state index in [9.17, 15) is 8.42 Å². The summed E-state index contributed by atoms with van der Waals surface area (Å²) >= 11 is 5.60. The van der Waals surface area contributed by atoms with Gasteiger partial charge in [-0.1, -0.05) is 12.1 Å². The zero-order valence-electron chi connectivity index (χ0n) is 10.8. The highest BCUT2D eigenvalue weighted by molar-refractivity contribution is 7.89. The highest BCUT2D eigenvalue weighted by Crippen LogP contribution is 2.16. The molecule has 1 atom stereocenters. The van der Waals surface area contributed by atoms with Gasteiger partial charge in [0.15, 0.2) is 0 Å². The number of alkyl halides is 1. The van der Waals surface area contributed by atoms with Gasteiger partial charge < -0.3 is 4.74 Å². The zero-order valence-corrected chi connectivity index (χ0v) is 12.3. The maximum atomic E-state index is 12.0. The highest BCUT2D eigenvalue weighted by atomic mass is 35.5. The molecule has 0 aromatic heterocycles. The largest absolute Gasteiger partial charge is 0.497 e. The van der Waals surface area contributed by atoms with Gasteiger partial charge in [-0.05, 0) is 24.6 Å². The van der Waals surface area contributed by atoms with E-state index in [-0.39, 0.29) is 5.88 Å². The molecule has 0 heterocycles. The summed E-state index contributed by atoms with van der Waals surface area (Å²) in [7, 11) is -0.184. The van der Waals surface area contributed by atoms with E-state index >= 15 is 0 Å². The van der Waals surface area contributed by atoms with Crippen LogP contribution >= 0.6 is 11.6 Å². The number of hydrogen-bond acceptors (Lipinski definition) is 3. The van der Waals surface area contributed by atoms with E-state index in [1.54, 1.807) is 33.2 Å². The maximum Gasteiger partial charge on any atom is 0.217 e. The Labute approximate surface area is 114 Å². The van der Waals surface area contributed by atoms with E-state index < -0.39 is 15.3 Å². The molecule has 1 rings (SSSR count). The van der Waals surface area contributed by atoms with Crippen molar-refractivity contribution >= 4 is 21.6 Å². The second-order valence-corrected chi connectivity index (χ2v) is 6.88. The van der Waals surface area contributed by atoms with Crippen LogP contribution in [-0.4, -0.2) is 38.0 Å². The molecule has 1 unspecified atom stereocenters. The molecule has 1 aromatic rings. The normalized spacial score (nSPS) is 13.6. The fourth-order valence-electron chi connectivity index (χ4n) is 1.46. The Balaban J connectivity index is 2.77. The molecule has 1 aromatic carbocycles. The van der Waals surface area contributed by atoms with Crippen molar-refractivity contribution in [3.8, 4) is 5.75 Å². The number of nitrogens with zero attached hydrogens (tertiary/aromatic N) is 1. The van der Waals surface area contributed by atoms with Gasteiger partial charge in [-0.3, -0.25) is 0 Å². The Hall–Kier alpha value is -0.780. The summed E-state index contributed by atoms with van der Waals surface area (Å²) in [6, 6.07) is 7.30. The predicted molar refractivity (Wildman–Crippen MR) is 73.6 cm³/mol. The molecule has 0 bridgehead atoms. The lowest BCUT2D eigenvalue weighted by Gasteiger charge is -2.20. The Morgan fingerprint density at radius 1 is 1.33 bits per heavy atom. The van der Waals surface area contributed by atoms with Crippen LogP contribution in [0.2, 0.25) is 0 Å². The van der Waals surface area contributed by atoms with Gasteiger partial charge in [-0.15, -0.1) is 11.6 Å². The smallest absolute Gasteiger partial charge is 0.217 e. The molecule has 0 fully saturated rings.